The predicted octanol–water partition coefficient (Wildman–Crippen LogP) is 3.85. The van der Waals surface area contributed by atoms with Gasteiger partial charge in [0.1, 0.15) is 0 Å². The highest BCUT2D eigenvalue weighted by atomic mass is 35.5. The van der Waals surface area contributed by atoms with Gasteiger partial charge in [-0.15, -0.1) is 11.3 Å². The largest absolute Gasteiger partial charge is 0.348 e. The Morgan fingerprint density at radius 1 is 1.25 bits per heavy atom. The molecule has 0 saturated heterocycles. The van der Waals surface area contributed by atoms with Gasteiger partial charge in [0.15, 0.2) is 5.78 Å². The smallest absolute Gasteiger partial charge is 0.217 e. The van der Waals surface area contributed by atoms with Crippen molar-refractivity contribution in [1.82, 2.24) is 5.32 Å². The molecule has 1 aromatic heterocycles. The Bertz CT molecular complexity index is 593. The van der Waals surface area contributed by atoms with Crippen molar-refractivity contribution in [2.75, 3.05) is 0 Å². The minimum absolute atomic E-state index is 0.0196. The first kappa shape index (κ1) is 14.8. The number of nitrogens with one attached hydrogen (secondary N) is 1. The molecule has 1 aromatic carbocycles. The average Bonchev–Trinajstić information content (AvgIpc) is 2.92. The fourth-order valence-electron chi connectivity index (χ4n) is 1.90. The van der Waals surface area contributed by atoms with E-state index < -0.39 is 0 Å². The van der Waals surface area contributed by atoms with Crippen molar-refractivity contribution in [2.24, 2.45) is 0 Å². The summed E-state index contributed by atoms with van der Waals surface area (Å²) in [6.07, 6.45) is 0.238. The van der Waals surface area contributed by atoms with E-state index in [-0.39, 0.29) is 24.2 Å². The van der Waals surface area contributed by atoms with E-state index in [4.69, 9.17) is 11.6 Å². The molecule has 1 N–H and O–H groups in total. The summed E-state index contributed by atoms with van der Waals surface area (Å²) in [4.78, 5) is 24.5. The molecule has 1 atom stereocenters. The van der Waals surface area contributed by atoms with Gasteiger partial charge in [0, 0.05) is 28.8 Å². The van der Waals surface area contributed by atoms with Crippen LogP contribution in [0.1, 0.15) is 34.6 Å². The van der Waals surface area contributed by atoms with Crippen LogP contribution < -0.4 is 5.32 Å². The maximum absolute atomic E-state index is 12.3. The molecule has 2 aromatic rings. The lowest BCUT2D eigenvalue weighted by atomic mass is 10.0. The van der Waals surface area contributed by atoms with Crippen LogP contribution in [0, 0.1) is 0 Å². The first-order valence-electron chi connectivity index (χ1n) is 6.15. The minimum atomic E-state index is -0.282. The van der Waals surface area contributed by atoms with Crippen molar-refractivity contribution in [3.8, 4) is 0 Å². The number of carbonyl (C=O) groups is 2. The zero-order valence-corrected chi connectivity index (χ0v) is 12.5. The number of Topliss-reactive ketones (excluding diaryl/α,β-unsaturated/α-hetero) is 1. The maximum atomic E-state index is 12.3. The molecule has 0 spiro atoms. The third kappa shape index (κ3) is 3.92. The van der Waals surface area contributed by atoms with E-state index in [0.717, 1.165) is 4.88 Å². The number of halogens is 1. The van der Waals surface area contributed by atoms with Crippen molar-refractivity contribution < 1.29 is 9.59 Å². The second-order valence-electron chi connectivity index (χ2n) is 4.40. The summed E-state index contributed by atoms with van der Waals surface area (Å²) in [5.74, 6) is -0.166. The van der Waals surface area contributed by atoms with Gasteiger partial charge in [-0.1, -0.05) is 17.7 Å². The van der Waals surface area contributed by atoms with Crippen LogP contribution in [0.4, 0.5) is 0 Å². The van der Waals surface area contributed by atoms with Crippen LogP contribution in [0.3, 0.4) is 0 Å². The lowest BCUT2D eigenvalue weighted by Crippen LogP contribution is -2.27. The van der Waals surface area contributed by atoms with Gasteiger partial charge in [-0.2, -0.15) is 0 Å². The van der Waals surface area contributed by atoms with Crippen molar-refractivity contribution in [1.29, 1.82) is 0 Å². The van der Waals surface area contributed by atoms with E-state index in [0.29, 0.717) is 10.6 Å². The molecule has 1 unspecified atom stereocenters. The van der Waals surface area contributed by atoms with Gasteiger partial charge in [-0.25, -0.2) is 0 Å². The Kier molecular flexibility index (Phi) is 4.93. The molecule has 0 saturated carbocycles. The molecule has 0 aliphatic carbocycles. The van der Waals surface area contributed by atoms with E-state index in [1.165, 1.54) is 18.3 Å². The highest BCUT2D eigenvalue weighted by Crippen LogP contribution is 2.24. The second kappa shape index (κ2) is 6.68. The summed E-state index contributed by atoms with van der Waals surface area (Å²) < 4.78 is 0. The minimum Gasteiger partial charge on any atom is -0.348 e. The van der Waals surface area contributed by atoms with Crippen molar-refractivity contribution >= 4 is 34.6 Å². The number of benzene rings is 1. The third-order valence-corrected chi connectivity index (χ3v) is 4.06. The van der Waals surface area contributed by atoms with Crippen LogP contribution >= 0.6 is 22.9 Å². The zero-order valence-electron chi connectivity index (χ0n) is 10.9. The Balaban J connectivity index is 2.13. The first-order valence-corrected chi connectivity index (χ1v) is 7.41. The lowest BCUT2D eigenvalue weighted by molar-refractivity contribution is -0.119. The van der Waals surface area contributed by atoms with Crippen LogP contribution in [-0.2, 0) is 4.79 Å². The van der Waals surface area contributed by atoms with Crippen molar-refractivity contribution in [3.05, 3.63) is 57.2 Å². The Morgan fingerprint density at radius 3 is 2.50 bits per heavy atom. The van der Waals surface area contributed by atoms with Crippen LogP contribution in [0.25, 0.3) is 0 Å². The fourth-order valence-corrected chi connectivity index (χ4v) is 2.80. The molecular weight excluding hydrogens is 294 g/mol. The summed E-state index contributed by atoms with van der Waals surface area (Å²) >= 11 is 7.33. The molecule has 0 fully saturated rings. The molecule has 0 bridgehead atoms. The van der Waals surface area contributed by atoms with Crippen molar-refractivity contribution in [3.63, 3.8) is 0 Å². The van der Waals surface area contributed by atoms with Gasteiger partial charge >= 0.3 is 0 Å². The van der Waals surface area contributed by atoms with Crippen LogP contribution in [0.5, 0.6) is 0 Å². The van der Waals surface area contributed by atoms with Crippen molar-refractivity contribution in [2.45, 2.75) is 19.4 Å². The summed E-state index contributed by atoms with van der Waals surface area (Å²) in [5.41, 5.74) is 0.598. The molecule has 2 rings (SSSR count). The number of rotatable bonds is 5. The van der Waals surface area contributed by atoms with E-state index in [1.54, 1.807) is 24.3 Å². The monoisotopic (exact) mass is 307 g/mol. The molecule has 3 nitrogen and oxygen atoms in total. The quantitative estimate of drug-likeness (QED) is 0.853. The number of thiophene rings is 1. The number of carbonyl (C=O) groups excluding carboxylic acids is 2. The molecule has 104 valence electrons. The predicted molar refractivity (Wildman–Crippen MR) is 81.3 cm³/mol. The summed E-state index contributed by atoms with van der Waals surface area (Å²) in [6.45, 7) is 1.45. The normalized spacial score (nSPS) is 11.9. The number of amides is 1. The molecule has 1 amide bonds. The average molecular weight is 308 g/mol. The highest BCUT2D eigenvalue weighted by Gasteiger charge is 2.18. The molecule has 0 aliphatic rings. The lowest BCUT2D eigenvalue weighted by Gasteiger charge is -2.15. The van der Waals surface area contributed by atoms with E-state index >= 15 is 0 Å². The zero-order chi connectivity index (χ0) is 14.5. The Hall–Kier alpha value is -1.65. The van der Waals surface area contributed by atoms with Crippen LogP contribution in [-0.4, -0.2) is 11.7 Å². The maximum Gasteiger partial charge on any atom is 0.217 e. The summed E-state index contributed by atoms with van der Waals surface area (Å²) in [5, 5.41) is 5.34. The summed E-state index contributed by atoms with van der Waals surface area (Å²) in [7, 11) is 0. The first-order chi connectivity index (χ1) is 9.56. The van der Waals surface area contributed by atoms with Gasteiger partial charge < -0.3 is 5.32 Å². The number of ketones is 1. The molecule has 1 heterocycles. The van der Waals surface area contributed by atoms with Crippen LogP contribution in [0.15, 0.2) is 41.8 Å². The SMILES string of the molecule is CC(=O)NC(CC(=O)c1ccc(Cl)cc1)c1cccs1. The number of hydrogen-bond acceptors (Lipinski definition) is 3. The van der Waals surface area contributed by atoms with E-state index in [9.17, 15) is 9.59 Å². The van der Waals surface area contributed by atoms with Gasteiger partial charge in [0.05, 0.1) is 6.04 Å². The van der Waals surface area contributed by atoms with Gasteiger partial charge in [-0.3, -0.25) is 9.59 Å². The molecular formula is C15H14ClNO2S. The molecule has 5 heteroatoms. The topological polar surface area (TPSA) is 46.2 Å². The van der Waals surface area contributed by atoms with Gasteiger partial charge in [0.2, 0.25) is 5.91 Å². The molecule has 20 heavy (non-hydrogen) atoms. The Morgan fingerprint density at radius 2 is 1.95 bits per heavy atom. The summed E-state index contributed by atoms with van der Waals surface area (Å²) in [6, 6.07) is 10.3. The molecule has 0 radical (unpaired) electrons. The van der Waals surface area contributed by atoms with Crippen LogP contribution in [0.2, 0.25) is 5.02 Å². The number of hydrogen-bond donors (Lipinski definition) is 1. The van der Waals surface area contributed by atoms with E-state index in [2.05, 4.69) is 5.32 Å². The van der Waals surface area contributed by atoms with Gasteiger partial charge in [-0.05, 0) is 35.7 Å². The standard InChI is InChI=1S/C15H14ClNO2S/c1-10(18)17-13(15-3-2-8-20-15)9-14(19)11-4-6-12(16)7-5-11/h2-8,13H,9H2,1H3,(H,17,18). The highest BCUT2D eigenvalue weighted by molar-refractivity contribution is 7.10. The Labute approximate surface area is 126 Å². The molecule has 0 aliphatic heterocycles. The van der Waals surface area contributed by atoms with E-state index in [1.807, 2.05) is 17.5 Å². The second-order valence-corrected chi connectivity index (χ2v) is 5.82. The van der Waals surface area contributed by atoms with Gasteiger partial charge in [0.25, 0.3) is 0 Å². The fraction of sp³-hybridized carbons (Fsp3) is 0.200. The third-order valence-electron chi connectivity index (χ3n) is 2.82.